The van der Waals surface area contributed by atoms with Crippen molar-refractivity contribution in [2.75, 3.05) is 6.54 Å². The van der Waals surface area contributed by atoms with Crippen LogP contribution >= 0.6 is 11.8 Å². The maximum atomic E-state index is 13.1. The van der Waals surface area contributed by atoms with Gasteiger partial charge in [-0.15, -0.1) is 0 Å². The fourth-order valence-corrected chi connectivity index (χ4v) is 5.20. The molecule has 4 heteroatoms. The SMILES string of the molecule is C[C@H]1CC(Sc2ccccc2)=C2C(=O)N(C(=O)c3ccccc3)C[C@@H]2C1. The number of nitrogens with zero attached hydrogens (tertiary/aromatic N) is 1. The number of carbonyl (C=O) groups excluding carboxylic acids is 2. The highest BCUT2D eigenvalue weighted by molar-refractivity contribution is 8.03. The molecule has 0 bridgehead atoms. The van der Waals surface area contributed by atoms with Crippen molar-refractivity contribution in [2.45, 2.75) is 24.7 Å². The van der Waals surface area contributed by atoms with Crippen molar-refractivity contribution in [3.8, 4) is 0 Å². The Morgan fingerprint density at radius 1 is 1.04 bits per heavy atom. The van der Waals surface area contributed by atoms with E-state index in [0.717, 1.165) is 28.2 Å². The molecule has 2 atom stereocenters. The van der Waals surface area contributed by atoms with Crippen LogP contribution in [0.15, 0.2) is 76.0 Å². The number of hydrogen-bond donors (Lipinski definition) is 0. The average Bonchev–Trinajstić information content (AvgIpc) is 2.99. The fourth-order valence-electron chi connectivity index (χ4n) is 3.89. The van der Waals surface area contributed by atoms with Crippen molar-refractivity contribution in [3.05, 3.63) is 76.7 Å². The van der Waals surface area contributed by atoms with Gasteiger partial charge in [0.05, 0.1) is 0 Å². The normalized spacial score (nSPS) is 22.5. The second-order valence-corrected chi connectivity index (χ2v) is 8.25. The molecule has 2 aromatic carbocycles. The molecule has 2 aromatic rings. The van der Waals surface area contributed by atoms with Crippen LogP contribution in [0.5, 0.6) is 0 Å². The van der Waals surface area contributed by atoms with Crippen LogP contribution in [0.3, 0.4) is 0 Å². The highest BCUT2D eigenvalue weighted by Gasteiger charge is 2.43. The van der Waals surface area contributed by atoms with Crippen LogP contribution in [0, 0.1) is 11.8 Å². The van der Waals surface area contributed by atoms with Gasteiger partial charge < -0.3 is 0 Å². The number of carbonyl (C=O) groups is 2. The van der Waals surface area contributed by atoms with Crippen LogP contribution < -0.4 is 0 Å². The molecule has 1 fully saturated rings. The second kappa shape index (κ2) is 7.12. The molecular weight excluding hydrogens is 342 g/mol. The van der Waals surface area contributed by atoms with Gasteiger partial charge in [0, 0.05) is 28.5 Å². The van der Waals surface area contributed by atoms with Gasteiger partial charge in [0.15, 0.2) is 0 Å². The number of amides is 2. The summed E-state index contributed by atoms with van der Waals surface area (Å²) < 4.78 is 0. The molecule has 4 rings (SSSR count). The highest BCUT2D eigenvalue weighted by Crippen LogP contribution is 2.45. The van der Waals surface area contributed by atoms with Crippen molar-refractivity contribution in [3.63, 3.8) is 0 Å². The van der Waals surface area contributed by atoms with Gasteiger partial charge in [0.1, 0.15) is 0 Å². The smallest absolute Gasteiger partial charge is 0.260 e. The lowest BCUT2D eigenvalue weighted by molar-refractivity contribution is -0.122. The molecule has 0 unspecified atom stereocenters. The van der Waals surface area contributed by atoms with E-state index in [2.05, 4.69) is 19.1 Å². The predicted octanol–water partition coefficient (Wildman–Crippen LogP) is 4.76. The molecule has 0 saturated carbocycles. The Balaban J connectivity index is 1.66. The zero-order chi connectivity index (χ0) is 18.1. The van der Waals surface area contributed by atoms with Crippen molar-refractivity contribution in [1.82, 2.24) is 4.90 Å². The van der Waals surface area contributed by atoms with Gasteiger partial charge in [-0.1, -0.05) is 55.1 Å². The summed E-state index contributed by atoms with van der Waals surface area (Å²) in [6.45, 7) is 2.74. The quantitative estimate of drug-likeness (QED) is 0.738. The number of fused-ring (bicyclic) bond motifs is 1. The minimum atomic E-state index is -0.186. The molecule has 0 spiro atoms. The number of hydrogen-bond acceptors (Lipinski definition) is 3. The standard InChI is InChI=1S/C22H21NO2S/c1-15-12-17-14-23(21(24)16-8-4-2-5-9-16)22(25)20(17)19(13-15)26-18-10-6-3-7-11-18/h2-11,15,17H,12-14H2,1H3/t15-,17+/m1/s1. The molecule has 132 valence electrons. The van der Waals surface area contributed by atoms with Gasteiger partial charge in [-0.2, -0.15) is 0 Å². The Hall–Kier alpha value is -2.33. The molecule has 1 heterocycles. The molecule has 1 aliphatic heterocycles. The van der Waals surface area contributed by atoms with E-state index >= 15 is 0 Å². The summed E-state index contributed by atoms with van der Waals surface area (Å²) >= 11 is 1.68. The van der Waals surface area contributed by atoms with Crippen molar-refractivity contribution >= 4 is 23.6 Å². The second-order valence-electron chi connectivity index (χ2n) is 7.08. The molecule has 2 aliphatic rings. The summed E-state index contributed by atoms with van der Waals surface area (Å²) in [5, 5.41) is 0. The Kier molecular flexibility index (Phi) is 4.68. The largest absolute Gasteiger partial charge is 0.274 e. The molecule has 1 aliphatic carbocycles. The summed E-state index contributed by atoms with van der Waals surface area (Å²) in [5.74, 6) is 0.392. The topological polar surface area (TPSA) is 37.4 Å². The first-order valence-corrected chi connectivity index (χ1v) is 9.82. The first-order chi connectivity index (χ1) is 12.6. The van der Waals surface area contributed by atoms with E-state index in [-0.39, 0.29) is 17.7 Å². The zero-order valence-corrected chi connectivity index (χ0v) is 15.5. The number of thioether (sulfide) groups is 1. The third-order valence-electron chi connectivity index (χ3n) is 5.06. The maximum Gasteiger partial charge on any atom is 0.260 e. The third-order valence-corrected chi connectivity index (χ3v) is 6.20. The van der Waals surface area contributed by atoms with Crippen molar-refractivity contribution < 1.29 is 9.59 Å². The molecule has 26 heavy (non-hydrogen) atoms. The maximum absolute atomic E-state index is 13.1. The Morgan fingerprint density at radius 2 is 1.69 bits per heavy atom. The molecule has 2 amide bonds. The minimum Gasteiger partial charge on any atom is -0.274 e. The first kappa shape index (κ1) is 17.1. The van der Waals surface area contributed by atoms with E-state index in [1.165, 1.54) is 4.90 Å². The highest BCUT2D eigenvalue weighted by atomic mass is 32.2. The summed E-state index contributed by atoms with van der Waals surface area (Å²) in [4.78, 5) is 29.6. The van der Waals surface area contributed by atoms with Crippen LogP contribution in [0.1, 0.15) is 30.1 Å². The van der Waals surface area contributed by atoms with Crippen molar-refractivity contribution in [2.24, 2.45) is 11.8 Å². The van der Waals surface area contributed by atoms with Gasteiger partial charge >= 0.3 is 0 Å². The lowest BCUT2D eigenvalue weighted by atomic mass is 9.83. The van der Waals surface area contributed by atoms with Crippen LogP contribution in [0.4, 0.5) is 0 Å². The molecule has 0 radical (unpaired) electrons. The summed E-state index contributed by atoms with van der Waals surface area (Å²) in [7, 11) is 0. The van der Waals surface area contributed by atoms with E-state index in [9.17, 15) is 9.59 Å². The lowest BCUT2D eigenvalue weighted by Crippen LogP contribution is -2.32. The van der Waals surface area contributed by atoms with Crippen LogP contribution in [0.2, 0.25) is 0 Å². The Morgan fingerprint density at radius 3 is 2.38 bits per heavy atom. The van der Waals surface area contributed by atoms with Gasteiger partial charge in [0.25, 0.3) is 11.8 Å². The van der Waals surface area contributed by atoms with Crippen LogP contribution in [-0.2, 0) is 4.79 Å². The molecular formula is C22H21NO2S. The number of benzene rings is 2. The minimum absolute atomic E-state index is 0.103. The van der Waals surface area contributed by atoms with E-state index in [0.29, 0.717) is 18.0 Å². The molecule has 0 aromatic heterocycles. The van der Waals surface area contributed by atoms with Gasteiger partial charge in [0.2, 0.25) is 0 Å². The monoisotopic (exact) mass is 363 g/mol. The van der Waals surface area contributed by atoms with E-state index in [1.807, 2.05) is 36.4 Å². The number of rotatable bonds is 3. The molecule has 1 saturated heterocycles. The summed E-state index contributed by atoms with van der Waals surface area (Å²) in [5.41, 5.74) is 1.44. The summed E-state index contributed by atoms with van der Waals surface area (Å²) in [6, 6.07) is 19.2. The summed E-state index contributed by atoms with van der Waals surface area (Å²) in [6.07, 6.45) is 1.88. The predicted molar refractivity (Wildman–Crippen MR) is 104 cm³/mol. The van der Waals surface area contributed by atoms with Crippen LogP contribution in [0.25, 0.3) is 0 Å². The zero-order valence-electron chi connectivity index (χ0n) is 14.7. The third kappa shape index (κ3) is 3.21. The van der Waals surface area contributed by atoms with Crippen molar-refractivity contribution in [1.29, 1.82) is 0 Å². The number of likely N-dealkylation sites (tertiary alicyclic amines) is 1. The Labute approximate surface area is 158 Å². The number of imide groups is 1. The van der Waals surface area contributed by atoms with Gasteiger partial charge in [-0.25, -0.2) is 0 Å². The lowest BCUT2D eigenvalue weighted by Gasteiger charge is -2.25. The van der Waals surface area contributed by atoms with E-state index in [1.54, 1.807) is 23.9 Å². The van der Waals surface area contributed by atoms with Gasteiger partial charge in [-0.3, -0.25) is 14.5 Å². The van der Waals surface area contributed by atoms with E-state index < -0.39 is 0 Å². The number of allylic oxidation sites excluding steroid dienone is 1. The molecule has 3 nitrogen and oxygen atoms in total. The van der Waals surface area contributed by atoms with Gasteiger partial charge in [-0.05, 0) is 47.9 Å². The fraction of sp³-hybridized carbons (Fsp3) is 0.273. The Bertz CT molecular complexity index is 860. The van der Waals surface area contributed by atoms with Crippen LogP contribution in [-0.4, -0.2) is 23.3 Å². The first-order valence-electron chi connectivity index (χ1n) is 9.00. The average molecular weight is 363 g/mol. The molecule has 0 N–H and O–H groups in total. The van der Waals surface area contributed by atoms with E-state index in [4.69, 9.17) is 0 Å².